The Kier molecular flexibility index (Phi) is 3.36. The standard InChI is InChI=1S/C14H19NO2/c1-3-14(2)9-12(14)15-13(16)17-10-11-7-5-4-6-8-11/h4-8,12H,3,9-10H2,1-2H3,(H,15,16). The summed E-state index contributed by atoms with van der Waals surface area (Å²) in [5, 5.41) is 2.90. The topological polar surface area (TPSA) is 38.3 Å². The highest BCUT2D eigenvalue weighted by molar-refractivity contribution is 5.68. The molecule has 2 atom stereocenters. The zero-order chi connectivity index (χ0) is 12.3. The second-order valence-corrected chi connectivity index (χ2v) is 4.97. The third kappa shape index (κ3) is 2.99. The van der Waals surface area contributed by atoms with E-state index in [9.17, 15) is 4.79 Å². The molecule has 1 aliphatic carbocycles. The van der Waals surface area contributed by atoms with Gasteiger partial charge < -0.3 is 10.1 Å². The summed E-state index contributed by atoms with van der Waals surface area (Å²) in [7, 11) is 0. The Morgan fingerprint density at radius 3 is 2.76 bits per heavy atom. The van der Waals surface area contributed by atoms with Gasteiger partial charge in [0.25, 0.3) is 0 Å². The van der Waals surface area contributed by atoms with Crippen LogP contribution < -0.4 is 5.32 Å². The molecule has 1 saturated carbocycles. The largest absolute Gasteiger partial charge is 0.445 e. The second-order valence-electron chi connectivity index (χ2n) is 4.97. The van der Waals surface area contributed by atoms with Crippen molar-refractivity contribution in [2.75, 3.05) is 0 Å². The molecule has 0 saturated heterocycles. The van der Waals surface area contributed by atoms with Crippen molar-refractivity contribution < 1.29 is 9.53 Å². The molecule has 3 nitrogen and oxygen atoms in total. The lowest BCUT2D eigenvalue weighted by Gasteiger charge is -2.10. The van der Waals surface area contributed by atoms with Gasteiger partial charge in [0, 0.05) is 6.04 Å². The molecule has 92 valence electrons. The number of hydrogen-bond acceptors (Lipinski definition) is 2. The van der Waals surface area contributed by atoms with Crippen LogP contribution >= 0.6 is 0 Å². The normalized spacial score (nSPS) is 26.4. The van der Waals surface area contributed by atoms with Gasteiger partial charge in [0.15, 0.2) is 0 Å². The Hall–Kier alpha value is -1.51. The van der Waals surface area contributed by atoms with Crippen molar-refractivity contribution in [2.24, 2.45) is 5.41 Å². The van der Waals surface area contributed by atoms with Gasteiger partial charge in [-0.25, -0.2) is 4.79 Å². The van der Waals surface area contributed by atoms with E-state index in [1.165, 1.54) is 0 Å². The quantitative estimate of drug-likeness (QED) is 0.867. The van der Waals surface area contributed by atoms with Crippen molar-refractivity contribution >= 4 is 6.09 Å². The number of carbonyl (C=O) groups is 1. The van der Waals surface area contributed by atoms with E-state index in [0.717, 1.165) is 18.4 Å². The Labute approximate surface area is 102 Å². The fourth-order valence-corrected chi connectivity index (χ4v) is 1.93. The Morgan fingerprint density at radius 2 is 2.18 bits per heavy atom. The predicted molar refractivity (Wildman–Crippen MR) is 66.6 cm³/mol. The van der Waals surface area contributed by atoms with Crippen LogP contribution in [0, 0.1) is 5.41 Å². The third-order valence-corrected chi connectivity index (χ3v) is 3.66. The Bertz CT molecular complexity index is 390. The van der Waals surface area contributed by atoms with Crippen LogP contribution in [0.3, 0.4) is 0 Å². The Balaban J connectivity index is 1.72. The number of hydrogen-bond donors (Lipinski definition) is 1. The Morgan fingerprint density at radius 1 is 1.47 bits per heavy atom. The van der Waals surface area contributed by atoms with Gasteiger partial charge in [-0.3, -0.25) is 0 Å². The highest BCUT2D eigenvalue weighted by Crippen LogP contribution is 2.48. The summed E-state index contributed by atoms with van der Waals surface area (Å²) in [6, 6.07) is 9.99. The molecule has 1 aliphatic rings. The van der Waals surface area contributed by atoms with Gasteiger partial charge in [0.2, 0.25) is 0 Å². The number of alkyl carbamates (subject to hydrolysis) is 1. The van der Waals surface area contributed by atoms with Gasteiger partial charge >= 0.3 is 6.09 Å². The van der Waals surface area contributed by atoms with E-state index in [2.05, 4.69) is 19.2 Å². The van der Waals surface area contributed by atoms with E-state index < -0.39 is 0 Å². The highest BCUT2D eigenvalue weighted by atomic mass is 16.5. The average molecular weight is 233 g/mol. The van der Waals surface area contributed by atoms with E-state index in [-0.39, 0.29) is 17.6 Å². The first-order chi connectivity index (χ1) is 8.14. The first-order valence-corrected chi connectivity index (χ1v) is 6.11. The molecule has 3 heteroatoms. The molecular weight excluding hydrogens is 214 g/mol. The summed E-state index contributed by atoms with van der Waals surface area (Å²) in [6.45, 7) is 4.67. The number of benzene rings is 1. The number of carbonyl (C=O) groups excluding carboxylic acids is 1. The van der Waals surface area contributed by atoms with Crippen LogP contribution in [0.5, 0.6) is 0 Å². The molecule has 0 spiro atoms. The van der Waals surface area contributed by atoms with E-state index >= 15 is 0 Å². The minimum Gasteiger partial charge on any atom is -0.445 e. The lowest BCUT2D eigenvalue weighted by Crippen LogP contribution is -2.29. The lowest BCUT2D eigenvalue weighted by molar-refractivity contribution is 0.137. The molecule has 1 aromatic carbocycles. The SMILES string of the molecule is CCC1(C)CC1NC(=O)OCc1ccccc1. The van der Waals surface area contributed by atoms with Crippen LogP contribution in [0.15, 0.2) is 30.3 Å². The predicted octanol–water partition coefficient (Wildman–Crippen LogP) is 3.10. The van der Waals surface area contributed by atoms with Crippen molar-refractivity contribution in [3.8, 4) is 0 Å². The van der Waals surface area contributed by atoms with E-state index in [1.54, 1.807) is 0 Å². The van der Waals surface area contributed by atoms with Gasteiger partial charge in [-0.05, 0) is 23.8 Å². The number of ether oxygens (including phenoxy) is 1. The molecule has 2 rings (SSSR count). The summed E-state index contributed by atoms with van der Waals surface area (Å²) < 4.78 is 5.17. The molecule has 0 bridgehead atoms. The molecular formula is C14H19NO2. The number of nitrogens with one attached hydrogen (secondary N) is 1. The molecule has 0 aromatic heterocycles. The summed E-state index contributed by atoms with van der Waals surface area (Å²) in [5.41, 5.74) is 1.29. The van der Waals surface area contributed by atoms with Crippen molar-refractivity contribution in [3.05, 3.63) is 35.9 Å². The maximum absolute atomic E-state index is 11.5. The van der Waals surface area contributed by atoms with Crippen molar-refractivity contribution in [1.29, 1.82) is 0 Å². The highest BCUT2D eigenvalue weighted by Gasteiger charge is 2.49. The molecule has 2 unspecified atom stereocenters. The minimum absolute atomic E-state index is 0.283. The van der Waals surface area contributed by atoms with Crippen molar-refractivity contribution in [2.45, 2.75) is 39.3 Å². The molecule has 17 heavy (non-hydrogen) atoms. The second kappa shape index (κ2) is 4.78. The van der Waals surface area contributed by atoms with Gasteiger partial charge in [-0.15, -0.1) is 0 Å². The number of rotatable bonds is 4. The average Bonchev–Trinajstić information content (AvgIpc) is 2.99. The maximum atomic E-state index is 11.5. The molecule has 1 amide bonds. The van der Waals surface area contributed by atoms with Crippen LogP contribution in [0.1, 0.15) is 32.3 Å². The summed E-state index contributed by atoms with van der Waals surface area (Å²) in [6.07, 6.45) is 1.84. The monoisotopic (exact) mass is 233 g/mol. The zero-order valence-electron chi connectivity index (χ0n) is 10.4. The molecule has 0 heterocycles. The minimum atomic E-state index is -0.309. The summed E-state index contributed by atoms with van der Waals surface area (Å²) in [5.74, 6) is 0. The zero-order valence-corrected chi connectivity index (χ0v) is 10.4. The van der Waals surface area contributed by atoms with Crippen LogP contribution in [0.25, 0.3) is 0 Å². The van der Waals surface area contributed by atoms with Crippen LogP contribution in [-0.2, 0) is 11.3 Å². The van der Waals surface area contributed by atoms with E-state index in [0.29, 0.717) is 6.61 Å². The van der Waals surface area contributed by atoms with Crippen LogP contribution in [0.4, 0.5) is 4.79 Å². The first-order valence-electron chi connectivity index (χ1n) is 6.11. The molecule has 1 aromatic rings. The van der Waals surface area contributed by atoms with Crippen LogP contribution in [-0.4, -0.2) is 12.1 Å². The lowest BCUT2D eigenvalue weighted by atomic mass is 10.1. The van der Waals surface area contributed by atoms with E-state index in [1.807, 2.05) is 30.3 Å². The molecule has 1 N–H and O–H groups in total. The first kappa shape index (κ1) is 12.0. The smallest absolute Gasteiger partial charge is 0.407 e. The fraction of sp³-hybridized carbons (Fsp3) is 0.500. The van der Waals surface area contributed by atoms with Crippen molar-refractivity contribution in [1.82, 2.24) is 5.32 Å². The summed E-state index contributed by atoms with van der Waals surface area (Å²) in [4.78, 5) is 11.5. The van der Waals surface area contributed by atoms with Gasteiger partial charge in [-0.1, -0.05) is 44.2 Å². The van der Waals surface area contributed by atoms with Crippen LogP contribution in [0.2, 0.25) is 0 Å². The van der Waals surface area contributed by atoms with E-state index in [4.69, 9.17) is 4.74 Å². The van der Waals surface area contributed by atoms with Crippen molar-refractivity contribution in [3.63, 3.8) is 0 Å². The number of amides is 1. The molecule has 0 radical (unpaired) electrons. The summed E-state index contributed by atoms with van der Waals surface area (Å²) >= 11 is 0. The van der Waals surface area contributed by atoms with Gasteiger partial charge in [0.05, 0.1) is 0 Å². The van der Waals surface area contributed by atoms with Gasteiger partial charge in [0.1, 0.15) is 6.61 Å². The molecule has 0 aliphatic heterocycles. The maximum Gasteiger partial charge on any atom is 0.407 e. The third-order valence-electron chi connectivity index (χ3n) is 3.66. The molecule has 1 fully saturated rings. The fourth-order valence-electron chi connectivity index (χ4n) is 1.93. The van der Waals surface area contributed by atoms with Gasteiger partial charge in [-0.2, -0.15) is 0 Å².